The first-order valence-electron chi connectivity index (χ1n) is 7.33. The number of benzene rings is 1. The van der Waals surface area contributed by atoms with Gasteiger partial charge < -0.3 is 14.8 Å². The molecule has 0 unspecified atom stereocenters. The molecule has 0 radical (unpaired) electrons. The number of hydrogen-bond donors (Lipinski definition) is 1. The van der Waals surface area contributed by atoms with Gasteiger partial charge in [0.15, 0.2) is 11.5 Å². The number of fused-ring (bicyclic) bond motifs is 1. The monoisotopic (exact) mass is 275 g/mol. The van der Waals surface area contributed by atoms with Crippen LogP contribution in [0.3, 0.4) is 0 Å². The highest BCUT2D eigenvalue weighted by atomic mass is 16.6. The van der Waals surface area contributed by atoms with E-state index in [0.29, 0.717) is 25.0 Å². The van der Waals surface area contributed by atoms with Gasteiger partial charge >= 0.3 is 0 Å². The van der Waals surface area contributed by atoms with Gasteiger partial charge in [0.05, 0.1) is 0 Å². The van der Waals surface area contributed by atoms with Crippen LogP contribution in [0, 0.1) is 11.8 Å². The lowest BCUT2D eigenvalue weighted by atomic mass is 10.1. The van der Waals surface area contributed by atoms with Gasteiger partial charge in [-0.2, -0.15) is 0 Å². The Kier molecular flexibility index (Phi) is 3.55. The number of nitrogens with one attached hydrogen (secondary N) is 1. The molecular formula is C16H21NO3. The van der Waals surface area contributed by atoms with Crippen LogP contribution >= 0.6 is 0 Å². The number of para-hydroxylation sites is 1. The Bertz CT molecular complexity index is 512. The highest BCUT2D eigenvalue weighted by Crippen LogP contribution is 2.52. The average Bonchev–Trinajstić information content (AvgIpc) is 3.23. The molecule has 0 saturated heterocycles. The smallest absolute Gasteiger partial charge is 0.222 e. The third-order valence-corrected chi connectivity index (χ3v) is 3.98. The fourth-order valence-corrected chi connectivity index (χ4v) is 2.68. The van der Waals surface area contributed by atoms with Crippen LogP contribution in [0.4, 0.5) is 0 Å². The zero-order valence-electron chi connectivity index (χ0n) is 12.0. The second-order valence-corrected chi connectivity index (χ2v) is 5.87. The summed E-state index contributed by atoms with van der Waals surface area (Å²) in [6.07, 6.45) is 1.11. The minimum Gasteiger partial charge on any atom is -0.486 e. The maximum atomic E-state index is 11.6. The van der Waals surface area contributed by atoms with Crippen molar-refractivity contribution in [2.45, 2.75) is 26.2 Å². The molecule has 2 aliphatic rings. The predicted molar refractivity (Wildman–Crippen MR) is 76.1 cm³/mol. The molecule has 1 heterocycles. The summed E-state index contributed by atoms with van der Waals surface area (Å²) in [5, 5.41) is 3.01. The molecule has 2 atom stereocenters. The van der Waals surface area contributed by atoms with E-state index in [1.807, 2.05) is 26.0 Å². The quantitative estimate of drug-likeness (QED) is 0.917. The second kappa shape index (κ2) is 5.35. The van der Waals surface area contributed by atoms with Gasteiger partial charge in [0.25, 0.3) is 0 Å². The fraction of sp³-hybridized carbons (Fsp3) is 0.562. The first-order valence-corrected chi connectivity index (χ1v) is 7.33. The van der Waals surface area contributed by atoms with E-state index in [0.717, 1.165) is 24.5 Å². The number of carbonyl (C=O) groups excluding carboxylic acids is 1. The van der Waals surface area contributed by atoms with Crippen molar-refractivity contribution in [3.8, 4) is 11.5 Å². The van der Waals surface area contributed by atoms with Crippen molar-refractivity contribution < 1.29 is 14.3 Å². The molecule has 1 aromatic carbocycles. The number of ether oxygens (including phenoxy) is 2. The summed E-state index contributed by atoms with van der Waals surface area (Å²) in [6, 6.07) is 6.09. The number of hydrogen-bond acceptors (Lipinski definition) is 3. The third-order valence-electron chi connectivity index (χ3n) is 3.98. The Balaban J connectivity index is 1.63. The van der Waals surface area contributed by atoms with E-state index in [-0.39, 0.29) is 11.8 Å². The third kappa shape index (κ3) is 2.60. The van der Waals surface area contributed by atoms with Crippen LogP contribution in [0.15, 0.2) is 18.2 Å². The van der Waals surface area contributed by atoms with E-state index < -0.39 is 0 Å². The molecule has 1 fully saturated rings. The van der Waals surface area contributed by atoms with E-state index >= 15 is 0 Å². The summed E-state index contributed by atoms with van der Waals surface area (Å²) in [7, 11) is 0. The molecule has 1 amide bonds. The molecule has 1 aliphatic heterocycles. The molecule has 4 nitrogen and oxygen atoms in total. The zero-order valence-corrected chi connectivity index (χ0v) is 12.0. The summed E-state index contributed by atoms with van der Waals surface area (Å²) >= 11 is 0. The van der Waals surface area contributed by atoms with Crippen molar-refractivity contribution in [1.29, 1.82) is 0 Å². The first-order chi connectivity index (χ1) is 9.66. The Labute approximate surface area is 119 Å². The number of rotatable bonds is 4. The maximum Gasteiger partial charge on any atom is 0.222 e. The van der Waals surface area contributed by atoms with E-state index in [9.17, 15) is 4.79 Å². The number of amides is 1. The molecule has 0 aromatic heterocycles. The minimum atomic E-state index is 0.0495. The summed E-state index contributed by atoms with van der Waals surface area (Å²) in [5.41, 5.74) is 1.23. The SMILES string of the molecule is CC(C)C(=O)NC[C@@H]1C[C@H]1c1cccc2c1OCCO2. The molecule has 1 saturated carbocycles. The summed E-state index contributed by atoms with van der Waals surface area (Å²) in [6.45, 7) is 5.82. The Morgan fingerprint density at radius 2 is 2.15 bits per heavy atom. The number of carbonyl (C=O) groups is 1. The zero-order chi connectivity index (χ0) is 14.1. The summed E-state index contributed by atoms with van der Waals surface area (Å²) in [5.74, 6) is 2.94. The van der Waals surface area contributed by atoms with Crippen molar-refractivity contribution in [1.82, 2.24) is 5.32 Å². The van der Waals surface area contributed by atoms with Gasteiger partial charge in [0.1, 0.15) is 13.2 Å². The lowest BCUT2D eigenvalue weighted by molar-refractivity contribution is -0.124. The van der Waals surface area contributed by atoms with Crippen molar-refractivity contribution in [3.63, 3.8) is 0 Å². The molecule has 20 heavy (non-hydrogen) atoms. The molecule has 1 aliphatic carbocycles. The van der Waals surface area contributed by atoms with Crippen molar-refractivity contribution in [2.75, 3.05) is 19.8 Å². The molecular weight excluding hydrogens is 254 g/mol. The largest absolute Gasteiger partial charge is 0.486 e. The van der Waals surface area contributed by atoms with Crippen LogP contribution in [0.25, 0.3) is 0 Å². The van der Waals surface area contributed by atoms with E-state index in [4.69, 9.17) is 9.47 Å². The summed E-state index contributed by atoms with van der Waals surface area (Å²) < 4.78 is 11.4. The Morgan fingerprint density at radius 1 is 1.35 bits per heavy atom. The van der Waals surface area contributed by atoms with Gasteiger partial charge in [0.2, 0.25) is 5.91 Å². The molecule has 0 spiro atoms. The lowest BCUT2D eigenvalue weighted by Gasteiger charge is -2.21. The van der Waals surface area contributed by atoms with E-state index in [1.165, 1.54) is 5.56 Å². The summed E-state index contributed by atoms with van der Waals surface area (Å²) in [4.78, 5) is 11.6. The van der Waals surface area contributed by atoms with Gasteiger partial charge in [-0.25, -0.2) is 0 Å². The molecule has 108 valence electrons. The Morgan fingerprint density at radius 3 is 2.95 bits per heavy atom. The first kappa shape index (κ1) is 13.3. The fourth-order valence-electron chi connectivity index (χ4n) is 2.68. The van der Waals surface area contributed by atoms with Crippen LogP contribution in [0.2, 0.25) is 0 Å². The molecule has 1 aromatic rings. The standard InChI is InChI=1S/C16H21NO3/c1-10(2)16(18)17-9-11-8-13(11)12-4-3-5-14-15(12)20-7-6-19-14/h3-5,10-11,13H,6-9H2,1-2H3,(H,17,18)/t11-,13+/m0/s1. The lowest BCUT2D eigenvalue weighted by Crippen LogP contribution is -2.29. The normalized spacial score (nSPS) is 23.6. The highest BCUT2D eigenvalue weighted by molar-refractivity contribution is 5.77. The van der Waals surface area contributed by atoms with Crippen molar-refractivity contribution >= 4 is 5.91 Å². The van der Waals surface area contributed by atoms with Crippen molar-refractivity contribution in [3.05, 3.63) is 23.8 Å². The van der Waals surface area contributed by atoms with Gasteiger partial charge in [-0.05, 0) is 24.3 Å². The molecule has 0 bridgehead atoms. The van der Waals surface area contributed by atoms with E-state index in [2.05, 4.69) is 11.4 Å². The van der Waals surface area contributed by atoms with Gasteiger partial charge in [-0.1, -0.05) is 26.0 Å². The Hall–Kier alpha value is -1.71. The molecule has 1 N–H and O–H groups in total. The van der Waals surface area contributed by atoms with Gasteiger partial charge in [-0.15, -0.1) is 0 Å². The van der Waals surface area contributed by atoms with Crippen LogP contribution < -0.4 is 14.8 Å². The van der Waals surface area contributed by atoms with Crippen LogP contribution in [0.5, 0.6) is 11.5 Å². The topological polar surface area (TPSA) is 47.6 Å². The average molecular weight is 275 g/mol. The van der Waals surface area contributed by atoms with Crippen LogP contribution in [-0.4, -0.2) is 25.7 Å². The van der Waals surface area contributed by atoms with Crippen LogP contribution in [-0.2, 0) is 4.79 Å². The van der Waals surface area contributed by atoms with E-state index in [1.54, 1.807) is 0 Å². The minimum absolute atomic E-state index is 0.0495. The second-order valence-electron chi connectivity index (χ2n) is 5.87. The molecule has 4 heteroatoms. The predicted octanol–water partition coefficient (Wildman–Crippen LogP) is 2.33. The van der Waals surface area contributed by atoms with Crippen LogP contribution in [0.1, 0.15) is 31.7 Å². The van der Waals surface area contributed by atoms with Gasteiger partial charge in [0, 0.05) is 18.0 Å². The van der Waals surface area contributed by atoms with Gasteiger partial charge in [-0.3, -0.25) is 4.79 Å². The maximum absolute atomic E-state index is 11.6. The molecule has 3 rings (SSSR count). The highest BCUT2D eigenvalue weighted by Gasteiger charge is 2.41. The van der Waals surface area contributed by atoms with Crippen molar-refractivity contribution in [2.24, 2.45) is 11.8 Å².